The summed E-state index contributed by atoms with van der Waals surface area (Å²) in [5, 5.41) is 12.2. The SMILES string of the molecule is COCC(O)(c1ccccc1)c1ccc2ncccc2c1. The first-order valence-electron chi connectivity index (χ1n) is 6.86. The third kappa shape index (κ3) is 2.53. The number of aliphatic hydroxyl groups is 1. The normalized spacial score (nSPS) is 14.0. The van der Waals surface area contributed by atoms with E-state index in [-0.39, 0.29) is 6.61 Å². The lowest BCUT2D eigenvalue weighted by atomic mass is 9.86. The van der Waals surface area contributed by atoms with Gasteiger partial charge in [-0.05, 0) is 29.3 Å². The van der Waals surface area contributed by atoms with Crippen LogP contribution in [0.2, 0.25) is 0 Å². The largest absolute Gasteiger partial charge is 0.381 e. The number of nitrogens with zero attached hydrogens (tertiary/aromatic N) is 1. The molecule has 0 radical (unpaired) electrons. The summed E-state index contributed by atoms with van der Waals surface area (Å²) in [4.78, 5) is 4.31. The zero-order valence-corrected chi connectivity index (χ0v) is 11.9. The molecule has 3 heteroatoms. The van der Waals surface area contributed by atoms with Crippen molar-refractivity contribution in [1.29, 1.82) is 0 Å². The maximum absolute atomic E-state index is 11.2. The maximum atomic E-state index is 11.2. The van der Waals surface area contributed by atoms with E-state index >= 15 is 0 Å². The topological polar surface area (TPSA) is 42.4 Å². The Morgan fingerprint density at radius 3 is 2.57 bits per heavy atom. The summed E-state index contributed by atoms with van der Waals surface area (Å²) in [6, 6.07) is 19.3. The van der Waals surface area contributed by atoms with Crippen LogP contribution in [0.15, 0.2) is 66.9 Å². The quantitative estimate of drug-likeness (QED) is 0.798. The Labute approximate surface area is 123 Å². The van der Waals surface area contributed by atoms with Crippen molar-refractivity contribution in [2.75, 3.05) is 13.7 Å². The first kappa shape index (κ1) is 13.7. The van der Waals surface area contributed by atoms with Crippen LogP contribution in [0.5, 0.6) is 0 Å². The average Bonchev–Trinajstić information content (AvgIpc) is 2.55. The molecule has 1 N–H and O–H groups in total. The van der Waals surface area contributed by atoms with Gasteiger partial charge in [-0.2, -0.15) is 0 Å². The van der Waals surface area contributed by atoms with Crippen LogP contribution >= 0.6 is 0 Å². The lowest BCUT2D eigenvalue weighted by molar-refractivity contribution is -0.00318. The van der Waals surface area contributed by atoms with Crippen LogP contribution in [-0.4, -0.2) is 23.8 Å². The summed E-state index contributed by atoms with van der Waals surface area (Å²) in [6.07, 6.45) is 1.76. The summed E-state index contributed by atoms with van der Waals surface area (Å²) < 4.78 is 5.26. The summed E-state index contributed by atoms with van der Waals surface area (Å²) in [5.41, 5.74) is 1.36. The predicted octanol–water partition coefficient (Wildman–Crippen LogP) is 3.12. The maximum Gasteiger partial charge on any atom is 0.138 e. The second-order valence-corrected chi connectivity index (χ2v) is 5.07. The number of ether oxygens (including phenoxy) is 1. The molecule has 0 fully saturated rings. The van der Waals surface area contributed by atoms with Gasteiger partial charge in [0.15, 0.2) is 0 Å². The lowest BCUT2D eigenvalue weighted by Gasteiger charge is -2.28. The van der Waals surface area contributed by atoms with Crippen LogP contribution in [0.1, 0.15) is 11.1 Å². The number of aromatic nitrogens is 1. The van der Waals surface area contributed by atoms with Crippen LogP contribution in [0.4, 0.5) is 0 Å². The monoisotopic (exact) mass is 279 g/mol. The molecule has 0 spiro atoms. The molecule has 3 aromatic rings. The number of fused-ring (bicyclic) bond motifs is 1. The van der Waals surface area contributed by atoms with E-state index in [9.17, 15) is 5.11 Å². The van der Waals surface area contributed by atoms with Crippen molar-refractivity contribution in [2.24, 2.45) is 0 Å². The second-order valence-electron chi connectivity index (χ2n) is 5.07. The van der Waals surface area contributed by atoms with Crippen LogP contribution < -0.4 is 0 Å². The molecule has 1 heterocycles. The zero-order valence-electron chi connectivity index (χ0n) is 11.9. The molecular weight excluding hydrogens is 262 g/mol. The minimum Gasteiger partial charge on any atom is -0.381 e. The molecule has 21 heavy (non-hydrogen) atoms. The first-order chi connectivity index (χ1) is 10.2. The smallest absolute Gasteiger partial charge is 0.138 e. The molecule has 2 aromatic carbocycles. The van der Waals surface area contributed by atoms with Gasteiger partial charge in [0, 0.05) is 18.7 Å². The Bertz CT molecular complexity index is 742. The molecule has 1 atom stereocenters. The summed E-state index contributed by atoms with van der Waals surface area (Å²) in [7, 11) is 1.59. The van der Waals surface area contributed by atoms with Crippen molar-refractivity contribution < 1.29 is 9.84 Å². The van der Waals surface area contributed by atoms with Gasteiger partial charge in [0.25, 0.3) is 0 Å². The molecule has 3 nitrogen and oxygen atoms in total. The van der Waals surface area contributed by atoms with E-state index in [1.165, 1.54) is 0 Å². The molecule has 0 aliphatic carbocycles. The number of methoxy groups -OCH3 is 1. The van der Waals surface area contributed by atoms with Crippen molar-refractivity contribution in [1.82, 2.24) is 4.98 Å². The van der Waals surface area contributed by atoms with Crippen molar-refractivity contribution in [3.05, 3.63) is 78.0 Å². The van der Waals surface area contributed by atoms with Gasteiger partial charge in [0.05, 0.1) is 12.1 Å². The molecule has 3 rings (SSSR count). The molecule has 0 saturated heterocycles. The van der Waals surface area contributed by atoms with Crippen molar-refractivity contribution in [3.63, 3.8) is 0 Å². The third-order valence-electron chi connectivity index (χ3n) is 3.69. The third-order valence-corrected chi connectivity index (χ3v) is 3.69. The Morgan fingerprint density at radius 2 is 1.81 bits per heavy atom. The van der Waals surface area contributed by atoms with Gasteiger partial charge in [-0.25, -0.2) is 0 Å². The van der Waals surface area contributed by atoms with Crippen LogP contribution in [-0.2, 0) is 10.3 Å². The summed E-state index contributed by atoms with van der Waals surface area (Å²) in [5.74, 6) is 0. The zero-order chi connectivity index (χ0) is 14.7. The fraction of sp³-hybridized carbons (Fsp3) is 0.167. The van der Waals surface area contributed by atoms with Gasteiger partial charge in [-0.15, -0.1) is 0 Å². The summed E-state index contributed by atoms with van der Waals surface area (Å²) in [6.45, 7) is 0.197. The molecule has 0 bridgehead atoms. The molecule has 0 saturated carbocycles. The van der Waals surface area contributed by atoms with Crippen LogP contribution in [0, 0.1) is 0 Å². The van der Waals surface area contributed by atoms with Crippen molar-refractivity contribution in [2.45, 2.75) is 5.60 Å². The van der Waals surface area contributed by atoms with Gasteiger partial charge in [-0.1, -0.05) is 42.5 Å². The van der Waals surface area contributed by atoms with Gasteiger partial charge in [0.2, 0.25) is 0 Å². The highest BCUT2D eigenvalue weighted by atomic mass is 16.5. The molecule has 106 valence electrons. The van der Waals surface area contributed by atoms with E-state index < -0.39 is 5.60 Å². The van der Waals surface area contributed by atoms with E-state index in [1.54, 1.807) is 13.3 Å². The van der Waals surface area contributed by atoms with Gasteiger partial charge in [-0.3, -0.25) is 4.98 Å². The standard InChI is InChI=1S/C18H17NO2/c1-21-13-18(20,15-7-3-2-4-8-15)16-9-10-17-14(12-16)6-5-11-19-17/h2-12,20H,13H2,1H3. The predicted molar refractivity (Wildman–Crippen MR) is 83.1 cm³/mol. The minimum absolute atomic E-state index is 0.197. The molecule has 0 amide bonds. The van der Waals surface area contributed by atoms with Gasteiger partial charge >= 0.3 is 0 Å². The highest BCUT2D eigenvalue weighted by Crippen LogP contribution is 2.31. The van der Waals surface area contributed by atoms with E-state index in [4.69, 9.17) is 4.74 Å². The van der Waals surface area contributed by atoms with E-state index in [0.717, 1.165) is 22.0 Å². The minimum atomic E-state index is -1.17. The number of pyridine rings is 1. The molecule has 1 aromatic heterocycles. The summed E-state index contributed by atoms with van der Waals surface area (Å²) >= 11 is 0. The lowest BCUT2D eigenvalue weighted by Crippen LogP contribution is -2.32. The Balaban J connectivity index is 2.15. The fourth-order valence-electron chi connectivity index (χ4n) is 2.59. The van der Waals surface area contributed by atoms with E-state index in [2.05, 4.69) is 4.98 Å². The van der Waals surface area contributed by atoms with Crippen molar-refractivity contribution in [3.8, 4) is 0 Å². The van der Waals surface area contributed by atoms with Crippen LogP contribution in [0.3, 0.4) is 0 Å². The average molecular weight is 279 g/mol. The Kier molecular flexibility index (Phi) is 3.69. The number of hydrogen-bond acceptors (Lipinski definition) is 3. The highest BCUT2D eigenvalue weighted by Gasteiger charge is 2.31. The van der Waals surface area contributed by atoms with Gasteiger partial charge < -0.3 is 9.84 Å². The Morgan fingerprint density at radius 1 is 1.00 bits per heavy atom. The molecule has 0 aliphatic rings. The fourth-order valence-corrected chi connectivity index (χ4v) is 2.59. The van der Waals surface area contributed by atoms with Gasteiger partial charge in [0.1, 0.15) is 5.60 Å². The first-order valence-corrected chi connectivity index (χ1v) is 6.86. The van der Waals surface area contributed by atoms with E-state index in [0.29, 0.717) is 0 Å². The number of hydrogen-bond donors (Lipinski definition) is 1. The number of benzene rings is 2. The highest BCUT2D eigenvalue weighted by molar-refractivity contribution is 5.79. The molecular formula is C18H17NO2. The number of rotatable bonds is 4. The van der Waals surface area contributed by atoms with E-state index in [1.807, 2.05) is 60.7 Å². The van der Waals surface area contributed by atoms with Crippen LogP contribution in [0.25, 0.3) is 10.9 Å². The molecule has 0 aliphatic heterocycles. The Hall–Kier alpha value is -2.23. The van der Waals surface area contributed by atoms with Crippen molar-refractivity contribution >= 4 is 10.9 Å². The second kappa shape index (κ2) is 5.64. The molecule has 1 unspecified atom stereocenters.